The lowest BCUT2D eigenvalue weighted by Gasteiger charge is -2.38. The highest BCUT2D eigenvalue weighted by Crippen LogP contribution is 2.44. The molecule has 0 fully saturated rings. The topological polar surface area (TPSA) is 71.9 Å². The van der Waals surface area contributed by atoms with Crippen LogP contribution in [-0.2, 0) is 16.8 Å². The molecule has 1 aromatic heterocycles. The minimum Gasteiger partial charge on any atom is -0.493 e. The molecule has 1 unspecified atom stereocenters. The molecule has 39 heavy (non-hydrogen) atoms. The third-order valence-corrected chi connectivity index (χ3v) is 7.34. The van der Waals surface area contributed by atoms with Crippen molar-refractivity contribution in [3.8, 4) is 11.5 Å². The van der Waals surface area contributed by atoms with E-state index in [-0.39, 0.29) is 18.4 Å². The predicted octanol–water partition coefficient (Wildman–Crippen LogP) is 6.47. The molecule has 1 aliphatic heterocycles. The van der Waals surface area contributed by atoms with Crippen LogP contribution in [0.3, 0.4) is 0 Å². The first-order valence-electron chi connectivity index (χ1n) is 12.9. The number of ether oxygens (including phenoxy) is 2. The number of fused-ring (bicyclic) bond motifs is 1. The molecule has 2 atom stereocenters. The highest BCUT2D eigenvalue weighted by Gasteiger charge is 2.36. The molecule has 7 heteroatoms. The van der Waals surface area contributed by atoms with Gasteiger partial charge in [-0.05, 0) is 97.1 Å². The number of carbonyl (C=O) groups excluding carboxylic acids is 1. The quantitative estimate of drug-likeness (QED) is 0.290. The number of aromatic nitrogens is 1. The van der Waals surface area contributed by atoms with Crippen molar-refractivity contribution in [1.82, 2.24) is 4.98 Å². The SMILES string of the molecule is COc1cc2c(cc1OC(C)C)[C@H](c1ccc(Cl)cc1)N(c1ccc(C(C)(O)c3ccncc3)cc1)C(=O)C2. The summed E-state index contributed by atoms with van der Waals surface area (Å²) in [4.78, 5) is 19.6. The average Bonchev–Trinajstić information content (AvgIpc) is 2.93. The standard InChI is InChI=1S/C32H31ClN2O4/c1-20(2)39-29-19-27-22(17-28(29)38-4)18-30(36)35(31(27)21-5-9-25(33)10-6-21)26-11-7-23(8-12-26)32(3,37)24-13-15-34-16-14-24/h5-17,19-20,31,37H,18H2,1-4H3/t31-,32?/m0/s1. The molecule has 3 aromatic carbocycles. The number of amides is 1. The third-order valence-electron chi connectivity index (χ3n) is 7.09. The summed E-state index contributed by atoms with van der Waals surface area (Å²) in [5, 5.41) is 11.9. The Balaban J connectivity index is 1.61. The van der Waals surface area contributed by atoms with Crippen molar-refractivity contribution < 1.29 is 19.4 Å². The van der Waals surface area contributed by atoms with Gasteiger partial charge in [-0.25, -0.2) is 0 Å². The number of hydrogen-bond acceptors (Lipinski definition) is 5. The van der Waals surface area contributed by atoms with Crippen LogP contribution in [0, 0.1) is 0 Å². The molecule has 0 aliphatic carbocycles. The van der Waals surface area contributed by atoms with Crippen LogP contribution in [0.4, 0.5) is 5.69 Å². The normalized spacial score (nSPS) is 16.5. The third kappa shape index (κ3) is 5.22. The number of nitrogens with zero attached hydrogens (tertiary/aromatic N) is 2. The van der Waals surface area contributed by atoms with Gasteiger partial charge in [-0.15, -0.1) is 0 Å². The Hall–Kier alpha value is -3.87. The Labute approximate surface area is 233 Å². The van der Waals surface area contributed by atoms with E-state index in [1.807, 2.05) is 79.4 Å². The van der Waals surface area contributed by atoms with Crippen molar-refractivity contribution in [3.63, 3.8) is 0 Å². The number of rotatable bonds is 7. The van der Waals surface area contributed by atoms with Gasteiger partial charge in [0.2, 0.25) is 5.91 Å². The molecule has 0 saturated heterocycles. The van der Waals surface area contributed by atoms with Gasteiger partial charge in [0.25, 0.3) is 0 Å². The van der Waals surface area contributed by atoms with E-state index >= 15 is 0 Å². The summed E-state index contributed by atoms with van der Waals surface area (Å²) in [6.45, 7) is 5.68. The van der Waals surface area contributed by atoms with Crippen molar-refractivity contribution in [2.75, 3.05) is 12.0 Å². The summed E-state index contributed by atoms with van der Waals surface area (Å²) in [5.41, 5.74) is 3.73. The summed E-state index contributed by atoms with van der Waals surface area (Å²) in [6, 6.07) is 22.1. The first kappa shape index (κ1) is 26.7. The second kappa shape index (κ2) is 10.7. The van der Waals surface area contributed by atoms with Gasteiger partial charge in [0.05, 0.1) is 25.7 Å². The molecule has 0 saturated carbocycles. The largest absolute Gasteiger partial charge is 0.493 e. The Morgan fingerprint density at radius 2 is 1.62 bits per heavy atom. The molecular weight excluding hydrogens is 512 g/mol. The highest BCUT2D eigenvalue weighted by atomic mass is 35.5. The second-order valence-corrected chi connectivity index (χ2v) is 10.6. The van der Waals surface area contributed by atoms with Gasteiger partial charge in [0.1, 0.15) is 5.60 Å². The van der Waals surface area contributed by atoms with Crippen LogP contribution in [0.25, 0.3) is 0 Å². The van der Waals surface area contributed by atoms with Crippen molar-refractivity contribution >= 4 is 23.2 Å². The Bertz CT molecular complexity index is 1470. The van der Waals surface area contributed by atoms with Crippen molar-refractivity contribution in [2.45, 2.75) is 44.9 Å². The van der Waals surface area contributed by atoms with Gasteiger partial charge in [-0.2, -0.15) is 0 Å². The zero-order chi connectivity index (χ0) is 27.7. The Kier molecular flexibility index (Phi) is 7.34. The Morgan fingerprint density at radius 3 is 2.23 bits per heavy atom. The lowest BCUT2D eigenvalue weighted by molar-refractivity contribution is -0.118. The minimum absolute atomic E-state index is 0.0457. The van der Waals surface area contributed by atoms with Crippen LogP contribution in [0.1, 0.15) is 54.6 Å². The monoisotopic (exact) mass is 542 g/mol. The van der Waals surface area contributed by atoms with Crippen LogP contribution in [-0.4, -0.2) is 29.2 Å². The van der Waals surface area contributed by atoms with Crippen molar-refractivity contribution in [2.24, 2.45) is 0 Å². The van der Waals surface area contributed by atoms with Gasteiger partial charge >= 0.3 is 0 Å². The second-order valence-electron chi connectivity index (χ2n) is 10.1. The molecule has 6 nitrogen and oxygen atoms in total. The fourth-order valence-corrected chi connectivity index (χ4v) is 5.24. The van der Waals surface area contributed by atoms with Crippen LogP contribution >= 0.6 is 11.6 Å². The molecule has 1 amide bonds. The molecule has 200 valence electrons. The summed E-state index contributed by atoms with van der Waals surface area (Å²) >= 11 is 6.22. The molecule has 5 rings (SSSR count). The number of halogens is 1. The number of carbonyl (C=O) groups is 1. The minimum atomic E-state index is -1.21. The summed E-state index contributed by atoms with van der Waals surface area (Å²) in [5.74, 6) is 1.18. The van der Waals surface area contributed by atoms with Crippen LogP contribution < -0.4 is 14.4 Å². The number of pyridine rings is 1. The summed E-state index contributed by atoms with van der Waals surface area (Å²) < 4.78 is 11.7. The number of benzene rings is 3. The molecule has 1 N–H and O–H groups in total. The first-order chi connectivity index (χ1) is 18.7. The molecular formula is C32H31ClN2O4. The maximum Gasteiger partial charge on any atom is 0.232 e. The van der Waals surface area contributed by atoms with Crippen LogP contribution in [0.15, 0.2) is 85.2 Å². The molecule has 4 aromatic rings. The van der Waals surface area contributed by atoms with E-state index < -0.39 is 11.6 Å². The fourth-order valence-electron chi connectivity index (χ4n) is 5.12. The molecule has 0 spiro atoms. The Morgan fingerprint density at radius 1 is 0.974 bits per heavy atom. The van der Waals surface area contributed by atoms with E-state index in [1.54, 1.807) is 38.6 Å². The van der Waals surface area contributed by atoms with Gasteiger partial charge < -0.3 is 19.5 Å². The van der Waals surface area contributed by atoms with Crippen LogP contribution in [0.2, 0.25) is 5.02 Å². The molecule has 1 aliphatic rings. The van der Waals surface area contributed by atoms with Gasteiger partial charge in [0, 0.05) is 23.1 Å². The lowest BCUT2D eigenvalue weighted by atomic mass is 9.86. The zero-order valence-electron chi connectivity index (χ0n) is 22.4. The van der Waals surface area contributed by atoms with E-state index in [1.165, 1.54) is 0 Å². The van der Waals surface area contributed by atoms with E-state index in [0.717, 1.165) is 27.9 Å². The van der Waals surface area contributed by atoms with E-state index in [2.05, 4.69) is 4.98 Å². The molecule has 0 bridgehead atoms. The molecule has 0 radical (unpaired) electrons. The lowest BCUT2D eigenvalue weighted by Crippen LogP contribution is -2.41. The van der Waals surface area contributed by atoms with E-state index in [9.17, 15) is 9.90 Å². The maximum atomic E-state index is 13.7. The number of hydrogen-bond donors (Lipinski definition) is 1. The first-order valence-corrected chi connectivity index (χ1v) is 13.2. The van der Waals surface area contributed by atoms with Gasteiger partial charge in [0.15, 0.2) is 11.5 Å². The fraction of sp³-hybridized carbons (Fsp3) is 0.250. The number of anilines is 1. The average molecular weight is 543 g/mol. The molecule has 2 heterocycles. The number of aliphatic hydroxyl groups is 1. The zero-order valence-corrected chi connectivity index (χ0v) is 23.1. The van der Waals surface area contributed by atoms with E-state index in [0.29, 0.717) is 22.1 Å². The van der Waals surface area contributed by atoms with Crippen LogP contribution in [0.5, 0.6) is 11.5 Å². The van der Waals surface area contributed by atoms with Crippen molar-refractivity contribution in [3.05, 3.63) is 118 Å². The van der Waals surface area contributed by atoms with E-state index in [4.69, 9.17) is 21.1 Å². The summed E-state index contributed by atoms with van der Waals surface area (Å²) in [7, 11) is 1.60. The van der Waals surface area contributed by atoms with Gasteiger partial charge in [-0.1, -0.05) is 35.9 Å². The number of methoxy groups -OCH3 is 1. The smallest absolute Gasteiger partial charge is 0.232 e. The van der Waals surface area contributed by atoms with Crippen molar-refractivity contribution in [1.29, 1.82) is 0 Å². The maximum absolute atomic E-state index is 13.7. The summed E-state index contributed by atoms with van der Waals surface area (Å²) in [6.07, 6.45) is 3.48. The van der Waals surface area contributed by atoms with Gasteiger partial charge in [-0.3, -0.25) is 9.78 Å². The highest BCUT2D eigenvalue weighted by molar-refractivity contribution is 6.30. The predicted molar refractivity (Wildman–Crippen MR) is 153 cm³/mol.